The molecule has 0 fully saturated rings. The van der Waals surface area contributed by atoms with Crippen LogP contribution >= 0.6 is 31.9 Å². The van der Waals surface area contributed by atoms with E-state index in [2.05, 4.69) is 37.0 Å². The van der Waals surface area contributed by atoms with Crippen molar-refractivity contribution in [1.82, 2.24) is 9.78 Å². The Hall–Kier alpha value is -1.34. The molecule has 0 amide bonds. The summed E-state index contributed by atoms with van der Waals surface area (Å²) in [5, 5.41) is 4.24. The van der Waals surface area contributed by atoms with Crippen LogP contribution in [0.2, 0.25) is 0 Å². The number of esters is 1. The number of hydrogen-bond acceptors (Lipinski definition) is 4. The number of benzene rings is 1. The Morgan fingerprint density at radius 3 is 2.65 bits per heavy atom. The normalized spacial score (nSPS) is 10.6. The Labute approximate surface area is 133 Å². The van der Waals surface area contributed by atoms with Crippen molar-refractivity contribution in [2.24, 2.45) is 7.05 Å². The molecule has 0 radical (unpaired) electrons. The molecule has 0 bridgehead atoms. The second kappa shape index (κ2) is 5.97. The van der Waals surface area contributed by atoms with E-state index >= 15 is 0 Å². The van der Waals surface area contributed by atoms with Gasteiger partial charge in [0.15, 0.2) is 0 Å². The minimum atomic E-state index is -0.427. The number of ether oxygens (including phenoxy) is 1. The van der Waals surface area contributed by atoms with Gasteiger partial charge in [-0.3, -0.25) is 4.68 Å². The third-order valence-electron chi connectivity index (χ3n) is 2.76. The summed E-state index contributed by atoms with van der Waals surface area (Å²) < 4.78 is 8.56. The van der Waals surface area contributed by atoms with Gasteiger partial charge in [-0.2, -0.15) is 5.10 Å². The van der Waals surface area contributed by atoms with E-state index in [0.29, 0.717) is 11.3 Å². The average Bonchev–Trinajstić information content (AvgIpc) is 2.60. The number of nitrogens with zero attached hydrogens (tertiary/aromatic N) is 2. The molecule has 106 valence electrons. The quantitative estimate of drug-likeness (QED) is 0.632. The van der Waals surface area contributed by atoms with Crippen molar-refractivity contribution in [3.8, 4) is 0 Å². The monoisotopic (exact) mass is 401 g/mol. The number of nitrogens with two attached hydrogens (primary N) is 1. The summed E-state index contributed by atoms with van der Waals surface area (Å²) in [4.78, 5) is 12.0. The maximum Gasteiger partial charge on any atom is 0.338 e. The highest BCUT2D eigenvalue weighted by Crippen LogP contribution is 2.22. The summed E-state index contributed by atoms with van der Waals surface area (Å²) in [6.07, 6.45) is 0. The van der Waals surface area contributed by atoms with Gasteiger partial charge in [0.2, 0.25) is 0 Å². The van der Waals surface area contributed by atoms with Crippen molar-refractivity contribution in [1.29, 1.82) is 0 Å². The van der Waals surface area contributed by atoms with Crippen LogP contribution in [0.4, 0.5) is 5.69 Å². The lowest BCUT2D eigenvalue weighted by atomic mass is 10.2. The Morgan fingerprint density at radius 1 is 1.40 bits per heavy atom. The molecule has 0 atom stereocenters. The van der Waals surface area contributed by atoms with Crippen molar-refractivity contribution >= 4 is 43.5 Å². The Balaban J connectivity index is 2.12. The van der Waals surface area contributed by atoms with Gasteiger partial charge in [-0.25, -0.2) is 4.79 Å². The second-order valence-corrected chi connectivity index (χ2v) is 6.03. The number of nitrogen functional groups attached to an aromatic ring is 1. The number of anilines is 1. The molecule has 2 N–H and O–H groups in total. The first-order valence-corrected chi connectivity index (χ1v) is 7.38. The molecule has 0 aliphatic heterocycles. The number of carbonyl (C=O) groups is 1. The summed E-state index contributed by atoms with van der Waals surface area (Å²) in [7, 11) is 1.80. The molecule has 7 heteroatoms. The Morgan fingerprint density at radius 2 is 2.10 bits per heavy atom. The first kappa shape index (κ1) is 15.1. The molecule has 0 saturated heterocycles. The van der Waals surface area contributed by atoms with Crippen LogP contribution < -0.4 is 5.73 Å². The predicted octanol–water partition coefficient (Wildman–Crippen LogP) is 3.19. The maximum absolute atomic E-state index is 12.0. The van der Waals surface area contributed by atoms with Crippen molar-refractivity contribution in [3.63, 3.8) is 0 Å². The highest BCUT2D eigenvalue weighted by Gasteiger charge is 2.14. The summed E-state index contributed by atoms with van der Waals surface area (Å²) >= 11 is 6.72. The standard InChI is InChI=1S/C13H13Br2N3O2/c1-7-12(15)11(18(2)17-7)6-20-13(19)8-3-9(14)5-10(16)4-8/h3-5H,6,16H2,1-2H3. The molecule has 0 spiro atoms. The molecule has 0 aliphatic carbocycles. The molecule has 1 heterocycles. The largest absolute Gasteiger partial charge is 0.456 e. The first-order chi connectivity index (χ1) is 9.38. The van der Waals surface area contributed by atoms with Gasteiger partial charge in [0.05, 0.1) is 21.4 Å². The molecule has 20 heavy (non-hydrogen) atoms. The maximum atomic E-state index is 12.0. The molecule has 2 aromatic rings. The van der Waals surface area contributed by atoms with Gasteiger partial charge in [-0.15, -0.1) is 0 Å². The molecule has 0 aliphatic rings. The highest BCUT2D eigenvalue weighted by molar-refractivity contribution is 9.10. The molecule has 1 aromatic heterocycles. The Kier molecular flexibility index (Phi) is 4.49. The minimum absolute atomic E-state index is 0.142. The fraction of sp³-hybridized carbons (Fsp3) is 0.231. The number of halogens is 2. The summed E-state index contributed by atoms with van der Waals surface area (Å²) in [5.74, 6) is -0.427. The van der Waals surface area contributed by atoms with Crippen LogP contribution in [0.5, 0.6) is 0 Å². The first-order valence-electron chi connectivity index (χ1n) is 5.79. The highest BCUT2D eigenvalue weighted by atomic mass is 79.9. The number of hydrogen-bond donors (Lipinski definition) is 1. The zero-order valence-corrected chi connectivity index (χ0v) is 14.2. The topological polar surface area (TPSA) is 70.1 Å². The van der Waals surface area contributed by atoms with Crippen molar-refractivity contribution in [2.75, 3.05) is 5.73 Å². The van der Waals surface area contributed by atoms with E-state index < -0.39 is 5.97 Å². The third kappa shape index (κ3) is 3.21. The van der Waals surface area contributed by atoms with Crippen LogP contribution in [0.1, 0.15) is 21.7 Å². The third-order valence-corrected chi connectivity index (χ3v) is 4.25. The lowest BCUT2D eigenvalue weighted by molar-refractivity contribution is 0.0462. The fourth-order valence-corrected chi connectivity index (χ4v) is 2.75. The Bertz CT molecular complexity index is 648. The van der Waals surface area contributed by atoms with E-state index in [1.54, 1.807) is 29.9 Å². The van der Waals surface area contributed by atoms with Crippen molar-refractivity contribution < 1.29 is 9.53 Å². The molecular weight excluding hydrogens is 390 g/mol. The molecule has 0 unspecified atom stereocenters. The van der Waals surface area contributed by atoms with E-state index in [0.717, 1.165) is 20.3 Å². The van der Waals surface area contributed by atoms with Crippen LogP contribution in [-0.4, -0.2) is 15.7 Å². The number of carbonyl (C=O) groups excluding carboxylic acids is 1. The number of aryl methyl sites for hydroxylation is 2. The van der Waals surface area contributed by atoms with Gasteiger partial charge in [0.1, 0.15) is 6.61 Å². The van der Waals surface area contributed by atoms with Gasteiger partial charge < -0.3 is 10.5 Å². The molecular formula is C13H13Br2N3O2. The molecule has 5 nitrogen and oxygen atoms in total. The van der Waals surface area contributed by atoms with E-state index in [1.165, 1.54) is 0 Å². The molecule has 1 aromatic carbocycles. The van der Waals surface area contributed by atoms with Gasteiger partial charge in [0, 0.05) is 17.2 Å². The predicted molar refractivity (Wildman–Crippen MR) is 83.3 cm³/mol. The van der Waals surface area contributed by atoms with Gasteiger partial charge in [0.25, 0.3) is 0 Å². The minimum Gasteiger partial charge on any atom is -0.456 e. The number of rotatable bonds is 3. The van der Waals surface area contributed by atoms with Gasteiger partial charge in [-0.05, 0) is 41.1 Å². The van der Waals surface area contributed by atoms with E-state index in [9.17, 15) is 4.79 Å². The van der Waals surface area contributed by atoms with Crippen LogP contribution in [0, 0.1) is 6.92 Å². The van der Waals surface area contributed by atoms with Crippen LogP contribution in [0.25, 0.3) is 0 Å². The molecule has 0 saturated carbocycles. The van der Waals surface area contributed by atoms with E-state index in [4.69, 9.17) is 10.5 Å². The van der Waals surface area contributed by atoms with Crippen LogP contribution in [-0.2, 0) is 18.4 Å². The molecule has 2 rings (SSSR count). The SMILES string of the molecule is Cc1nn(C)c(COC(=O)c2cc(N)cc(Br)c2)c1Br. The smallest absolute Gasteiger partial charge is 0.338 e. The lowest BCUT2D eigenvalue weighted by Crippen LogP contribution is -2.09. The summed E-state index contributed by atoms with van der Waals surface area (Å²) in [5.41, 5.74) is 8.27. The van der Waals surface area contributed by atoms with Crippen molar-refractivity contribution in [3.05, 3.63) is 44.1 Å². The van der Waals surface area contributed by atoms with E-state index in [1.807, 2.05) is 6.92 Å². The van der Waals surface area contributed by atoms with Gasteiger partial charge in [-0.1, -0.05) is 15.9 Å². The number of aromatic nitrogens is 2. The van der Waals surface area contributed by atoms with Crippen molar-refractivity contribution in [2.45, 2.75) is 13.5 Å². The van der Waals surface area contributed by atoms with E-state index in [-0.39, 0.29) is 6.61 Å². The van der Waals surface area contributed by atoms with Crippen LogP contribution in [0.3, 0.4) is 0 Å². The average molecular weight is 403 g/mol. The zero-order chi connectivity index (χ0) is 14.9. The lowest BCUT2D eigenvalue weighted by Gasteiger charge is -2.07. The van der Waals surface area contributed by atoms with Crippen LogP contribution in [0.15, 0.2) is 27.1 Å². The second-order valence-electron chi connectivity index (χ2n) is 4.32. The fourth-order valence-electron chi connectivity index (χ4n) is 1.78. The summed E-state index contributed by atoms with van der Waals surface area (Å²) in [6.45, 7) is 2.02. The zero-order valence-electron chi connectivity index (χ0n) is 11.0. The van der Waals surface area contributed by atoms with Gasteiger partial charge >= 0.3 is 5.97 Å². The summed E-state index contributed by atoms with van der Waals surface area (Å²) in [6, 6.07) is 4.97.